The van der Waals surface area contributed by atoms with Crippen LogP contribution in [0.4, 0.5) is 0 Å². The van der Waals surface area contributed by atoms with Crippen molar-refractivity contribution in [1.82, 2.24) is 0 Å². The van der Waals surface area contributed by atoms with E-state index in [0.29, 0.717) is 77.2 Å². The second kappa shape index (κ2) is 22.2. The maximum absolute atomic E-state index is 11.2. The average molecular weight is 619 g/mol. The lowest BCUT2D eigenvalue weighted by Crippen LogP contribution is -2.14. The van der Waals surface area contributed by atoms with E-state index in [1.165, 1.54) is 0 Å². The molecule has 0 radical (unpaired) electrons. The SMILES string of the molecule is C=C(C)C(=O)OCCOCCOCCOc1ccc(Sc2ccc(OCCOCCOCCOC(=O)C(=C)C)cc2)cc1. The van der Waals surface area contributed by atoms with Gasteiger partial charge in [0.2, 0.25) is 0 Å². The number of carbonyl (C=O) groups is 2. The van der Waals surface area contributed by atoms with Crippen LogP contribution >= 0.6 is 11.8 Å². The van der Waals surface area contributed by atoms with Gasteiger partial charge >= 0.3 is 11.9 Å². The Morgan fingerprint density at radius 2 is 0.814 bits per heavy atom. The van der Waals surface area contributed by atoms with Gasteiger partial charge in [-0.3, -0.25) is 0 Å². The van der Waals surface area contributed by atoms with Crippen molar-refractivity contribution in [3.63, 3.8) is 0 Å². The molecule has 0 spiro atoms. The minimum absolute atomic E-state index is 0.193. The van der Waals surface area contributed by atoms with Crippen molar-refractivity contribution in [2.24, 2.45) is 0 Å². The zero-order valence-corrected chi connectivity index (χ0v) is 25.8. The van der Waals surface area contributed by atoms with Crippen molar-refractivity contribution in [3.05, 3.63) is 72.8 Å². The molecule has 43 heavy (non-hydrogen) atoms. The van der Waals surface area contributed by atoms with Gasteiger partial charge in [0, 0.05) is 20.9 Å². The standard InChI is InChI=1S/C32H42O10S/c1-25(2)31(33)41-23-19-37-15-13-35-17-21-39-27-5-9-29(10-6-27)43-30-11-7-28(8-12-30)40-22-18-36-14-16-38-20-24-42-32(34)26(3)4/h5-12H,1,3,13-24H2,2,4H3. The highest BCUT2D eigenvalue weighted by Gasteiger charge is 2.04. The molecule has 0 saturated heterocycles. The van der Waals surface area contributed by atoms with Crippen LogP contribution < -0.4 is 9.47 Å². The molecule has 0 aliphatic heterocycles. The molecule has 10 nitrogen and oxygen atoms in total. The third-order valence-corrected chi connectivity index (χ3v) is 6.25. The molecule has 0 N–H and O–H groups in total. The number of hydrogen-bond donors (Lipinski definition) is 0. The predicted molar refractivity (Wildman–Crippen MR) is 163 cm³/mol. The molecule has 0 amide bonds. The van der Waals surface area contributed by atoms with Crippen LogP contribution in [-0.2, 0) is 38.0 Å². The number of hydrogen-bond acceptors (Lipinski definition) is 11. The van der Waals surface area contributed by atoms with Crippen LogP contribution in [0.3, 0.4) is 0 Å². The quantitative estimate of drug-likeness (QED) is 0.0911. The predicted octanol–water partition coefficient (Wildman–Crippen LogP) is 4.90. The van der Waals surface area contributed by atoms with Crippen LogP contribution in [0, 0.1) is 0 Å². The van der Waals surface area contributed by atoms with Gasteiger partial charge in [-0.05, 0) is 62.4 Å². The Hall–Kier alpha value is -3.35. The van der Waals surface area contributed by atoms with Gasteiger partial charge in [-0.15, -0.1) is 0 Å². The van der Waals surface area contributed by atoms with Gasteiger partial charge in [0.15, 0.2) is 0 Å². The maximum atomic E-state index is 11.2. The summed E-state index contributed by atoms with van der Waals surface area (Å²) >= 11 is 1.64. The fourth-order valence-electron chi connectivity index (χ4n) is 3.06. The van der Waals surface area contributed by atoms with E-state index >= 15 is 0 Å². The topological polar surface area (TPSA) is 108 Å². The summed E-state index contributed by atoms with van der Waals surface area (Å²) in [4.78, 5) is 24.7. The minimum Gasteiger partial charge on any atom is -0.491 e. The van der Waals surface area contributed by atoms with Crippen molar-refractivity contribution < 1.29 is 47.5 Å². The highest BCUT2D eigenvalue weighted by molar-refractivity contribution is 7.99. The van der Waals surface area contributed by atoms with Crippen LogP contribution in [0.15, 0.2) is 82.6 Å². The van der Waals surface area contributed by atoms with Gasteiger partial charge in [0.1, 0.15) is 37.9 Å². The largest absolute Gasteiger partial charge is 0.491 e. The number of rotatable bonds is 24. The molecule has 0 aliphatic carbocycles. The number of ether oxygens (including phenoxy) is 8. The fourth-order valence-corrected chi connectivity index (χ4v) is 3.87. The van der Waals surface area contributed by atoms with Crippen molar-refractivity contribution in [3.8, 4) is 11.5 Å². The van der Waals surface area contributed by atoms with Crippen LogP contribution in [0.5, 0.6) is 11.5 Å². The highest BCUT2D eigenvalue weighted by Crippen LogP contribution is 2.30. The summed E-state index contributed by atoms with van der Waals surface area (Å²) in [6, 6.07) is 15.8. The van der Waals surface area contributed by atoms with Crippen molar-refractivity contribution in [2.75, 3.05) is 79.3 Å². The Balaban J connectivity index is 1.48. The van der Waals surface area contributed by atoms with Gasteiger partial charge in [-0.2, -0.15) is 0 Å². The number of benzene rings is 2. The molecule has 2 aromatic rings. The molecule has 0 bridgehead atoms. The first-order valence-corrected chi connectivity index (χ1v) is 14.8. The lowest BCUT2D eigenvalue weighted by molar-refractivity contribution is -0.141. The first kappa shape index (κ1) is 35.8. The molecule has 0 saturated carbocycles. The monoisotopic (exact) mass is 618 g/mol. The van der Waals surface area contributed by atoms with Crippen LogP contribution in [-0.4, -0.2) is 91.2 Å². The zero-order chi connectivity index (χ0) is 31.1. The molecule has 11 heteroatoms. The first-order chi connectivity index (χ1) is 20.8. The molecule has 0 unspecified atom stereocenters. The molecule has 2 aromatic carbocycles. The summed E-state index contributed by atoms with van der Waals surface area (Å²) in [7, 11) is 0. The van der Waals surface area contributed by atoms with E-state index in [1.807, 2.05) is 48.5 Å². The lowest BCUT2D eigenvalue weighted by Gasteiger charge is -2.10. The van der Waals surface area contributed by atoms with Crippen LogP contribution in [0.1, 0.15) is 13.8 Å². The van der Waals surface area contributed by atoms with Crippen LogP contribution in [0.25, 0.3) is 0 Å². The lowest BCUT2D eigenvalue weighted by atomic mass is 10.3. The summed E-state index contributed by atoms with van der Waals surface area (Å²) < 4.78 is 43.0. The van der Waals surface area contributed by atoms with Gasteiger partial charge < -0.3 is 37.9 Å². The molecule has 2 rings (SSSR count). The Morgan fingerprint density at radius 1 is 0.512 bits per heavy atom. The van der Waals surface area contributed by atoms with Crippen molar-refractivity contribution >= 4 is 23.7 Å². The Labute approximate surface area is 258 Å². The fraction of sp³-hybridized carbons (Fsp3) is 0.438. The molecule has 0 aromatic heterocycles. The smallest absolute Gasteiger partial charge is 0.333 e. The number of esters is 2. The normalized spacial score (nSPS) is 10.7. The highest BCUT2D eigenvalue weighted by atomic mass is 32.2. The van der Waals surface area contributed by atoms with Gasteiger partial charge in [-0.1, -0.05) is 24.9 Å². The molecule has 0 aliphatic rings. The molecular formula is C32H42O10S. The second-order valence-electron chi connectivity index (χ2n) is 9.02. The summed E-state index contributed by atoms with van der Waals surface area (Å²) in [6.45, 7) is 14.7. The Bertz CT molecular complexity index is 1010. The number of carbonyl (C=O) groups excluding carboxylic acids is 2. The summed E-state index contributed by atoms with van der Waals surface area (Å²) in [5.74, 6) is 0.706. The van der Waals surface area contributed by atoms with E-state index in [1.54, 1.807) is 25.6 Å². The van der Waals surface area contributed by atoms with Gasteiger partial charge in [0.25, 0.3) is 0 Å². The molecule has 0 heterocycles. The Morgan fingerprint density at radius 3 is 1.14 bits per heavy atom. The zero-order valence-electron chi connectivity index (χ0n) is 25.0. The van der Waals surface area contributed by atoms with Gasteiger partial charge in [0.05, 0.1) is 52.9 Å². The van der Waals surface area contributed by atoms with E-state index in [4.69, 9.17) is 37.9 Å². The van der Waals surface area contributed by atoms with E-state index in [9.17, 15) is 9.59 Å². The summed E-state index contributed by atoms with van der Waals surface area (Å²) in [5.41, 5.74) is 0.734. The van der Waals surface area contributed by atoms with Crippen molar-refractivity contribution in [1.29, 1.82) is 0 Å². The van der Waals surface area contributed by atoms with Gasteiger partial charge in [-0.25, -0.2) is 9.59 Å². The summed E-state index contributed by atoms with van der Waals surface area (Å²) in [6.07, 6.45) is 0. The molecule has 0 fully saturated rings. The Kier molecular flexibility index (Phi) is 18.5. The van der Waals surface area contributed by atoms with E-state index in [0.717, 1.165) is 21.3 Å². The minimum atomic E-state index is -0.416. The third-order valence-electron chi connectivity index (χ3n) is 5.24. The maximum Gasteiger partial charge on any atom is 0.333 e. The van der Waals surface area contributed by atoms with Crippen molar-refractivity contribution in [2.45, 2.75) is 23.6 Å². The molecule has 0 atom stereocenters. The van der Waals surface area contributed by atoms with E-state index < -0.39 is 11.9 Å². The average Bonchev–Trinajstić information content (AvgIpc) is 3.00. The van der Waals surface area contributed by atoms with E-state index in [-0.39, 0.29) is 13.2 Å². The molecule has 236 valence electrons. The van der Waals surface area contributed by atoms with E-state index in [2.05, 4.69) is 13.2 Å². The second-order valence-corrected chi connectivity index (χ2v) is 10.2. The summed E-state index contributed by atoms with van der Waals surface area (Å²) in [5, 5.41) is 0. The molecular weight excluding hydrogens is 576 g/mol. The first-order valence-electron chi connectivity index (χ1n) is 13.9. The third kappa shape index (κ3) is 17.4. The van der Waals surface area contributed by atoms with Crippen LogP contribution in [0.2, 0.25) is 0 Å².